The van der Waals surface area contributed by atoms with E-state index >= 15 is 0 Å². The number of nitriles is 1. The Morgan fingerprint density at radius 2 is 2.06 bits per heavy atom. The lowest BCUT2D eigenvalue weighted by atomic mass is 10.2. The van der Waals surface area contributed by atoms with Crippen LogP contribution in [-0.2, 0) is 4.74 Å². The van der Waals surface area contributed by atoms with Crippen molar-refractivity contribution in [2.24, 2.45) is 0 Å². The number of ether oxygens (including phenoxy) is 2. The Labute approximate surface area is 104 Å². The summed E-state index contributed by atoms with van der Waals surface area (Å²) in [6.07, 6.45) is 0. The van der Waals surface area contributed by atoms with Gasteiger partial charge in [0, 0.05) is 7.11 Å². The van der Waals surface area contributed by atoms with Gasteiger partial charge in [-0.3, -0.25) is 0 Å². The van der Waals surface area contributed by atoms with E-state index in [1.807, 2.05) is 6.07 Å². The van der Waals surface area contributed by atoms with E-state index < -0.39 is 0 Å². The molecule has 0 aliphatic rings. The molecule has 0 radical (unpaired) electrons. The first-order chi connectivity index (χ1) is 7.61. The second-order valence-corrected chi connectivity index (χ2v) is 3.71. The lowest BCUT2D eigenvalue weighted by Gasteiger charge is -2.10. The smallest absolute Gasteiger partial charge is 0.233 e. The molecule has 0 aromatic carbocycles. The summed E-state index contributed by atoms with van der Waals surface area (Å²) in [5.41, 5.74) is 0.863. The Hall–Kier alpha value is -1.02. The van der Waals surface area contributed by atoms with Crippen LogP contribution in [0.25, 0.3) is 0 Å². The van der Waals surface area contributed by atoms with Crippen LogP contribution in [0.5, 0.6) is 5.88 Å². The topological polar surface area (TPSA) is 55.1 Å². The van der Waals surface area contributed by atoms with Crippen molar-refractivity contribution in [1.82, 2.24) is 4.98 Å². The second-order valence-electron chi connectivity index (χ2n) is 2.97. The number of halogens is 2. The number of pyridine rings is 1. The van der Waals surface area contributed by atoms with Crippen molar-refractivity contribution in [3.8, 4) is 11.9 Å². The van der Waals surface area contributed by atoms with Crippen LogP contribution in [0.2, 0.25) is 10.2 Å². The molecule has 1 rings (SSSR count). The van der Waals surface area contributed by atoms with Crippen LogP contribution in [0.3, 0.4) is 0 Å². The highest BCUT2D eigenvalue weighted by Crippen LogP contribution is 2.31. The fourth-order valence-corrected chi connectivity index (χ4v) is 1.43. The highest BCUT2D eigenvalue weighted by molar-refractivity contribution is 6.41. The zero-order valence-electron chi connectivity index (χ0n) is 8.88. The third-order valence-electron chi connectivity index (χ3n) is 1.94. The fraction of sp³-hybridized carbons (Fsp3) is 0.400. The molecular formula is C10H10Cl2N2O2. The molecule has 1 aromatic rings. The van der Waals surface area contributed by atoms with Crippen LogP contribution in [0.4, 0.5) is 0 Å². The van der Waals surface area contributed by atoms with Crippen LogP contribution in [0, 0.1) is 18.3 Å². The Morgan fingerprint density at radius 1 is 1.38 bits per heavy atom. The molecular weight excluding hydrogens is 251 g/mol. The predicted octanol–water partition coefficient (Wildman–Crippen LogP) is 2.59. The summed E-state index contributed by atoms with van der Waals surface area (Å²) in [6.45, 7) is 2.40. The lowest BCUT2D eigenvalue weighted by Crippen LogP contribution is -2.07. The van der Waals surface area contributed by atoms with E-state index in [-0.39, 0.29) is 16.1 Å². The predicted molar refractivity (Wildman–Crippen MR) is 61.1 cm³/mol. The summed E-state index contributed by atoms with van der Waals surface area (Å²) in [4.78, 5) is 3.91. The minimum Gasteiger partial charge on any atom is -0.474 e. The summed E-state index contributed by atoms with van der Waals surface area (Å²) in [6, 6.07) is 1.99. The number of rotatable bonds is 4. The van der Waals surface area contributed by atoms with Gasteiger partial charge in [-0.05, 0) is 12.5 Å². The molecule has 0 aliphatic carbocycles. The molecule has 0 saturated heterocycles. The van der Waals surface area contributed by atoms with Crippen molar-refractivity contribution in [3.05, 3.63) is 21.3 Å². The molecule has 4 nitrogen and oxygen atoms in total. The molecule has 0 fully saturated rings. The van der Waals surface area contributed by atoms with Gasteiger partial charge in [0.25, 0.3) is 0 Å². The van der Waals surface area contributed by atoms with Crippen molar-refractivity contribution in [1.29, 1.82) is 5.26 Å². The highest BCUT2D eigenvalue weighted by atomic mass is 35.5. The summed E-state index contributed by atoms with van der Waals surface area (Å²) < 4.78 is 10.1. The standard InChI is InChI=1S/C10H10Cl2N2O2/c1-6-7(5-13)10(16-4-3-15-2)14-9(12)8(6)11/h3-4H2,1-2H3. The van der Waals surface area contributed by atoms with Crippen LogP contribution >= 0.6 is 23.2 Å². The van der Waals surface area contributed by atoms with E-state index in [1.54, 1.807) is 14.0 Å². The summed E-state index contributed by atoms with van der Waals surface area (Å²) in [5, 5.41) is 9.37. The maximum Gasteiger partial charge on any atom is 0.233 e. The third-order valence-corrected chi connectivity index (χ3v) is 2.77. The van der Waals surface area contributed by atoms with E-state index in [9.17, 15) is 0 Å². The van der Waals surface area contributed by atoms with E-state index in [4.69, 9.17) is 37.9 Å². The molecule has 16 heavy (non-hydrogen) atoms. The van der Waals surface area contributed by atoms with Crippen LogP contribution in [-0.4, -0.2) is 25.3 Å². The van der Waals surface area contributed by atoms with Gasteiger partial charge < -0.3 is 9.47 Å². The fourth-order valence-electron chi connectivity index (χ4n) is 1.08. The van der Waals surface area contributed by atoms with Crippen LogP contribution in [0.15, 0.2) is 0 Å². The number of aromatic nitrogens is 1. The van der Waals surface area contributed by atoms with Gasteiger partial charge in [-0.1, -0.05) is 23.2 Å². The van der Waals surface area contributed by atoms with Gasteiger partial charge in [0.1, 0.15) is 18.2 Å². The number of hydrogen-bond acceptors (Lipinski definition) is 4. The third kappa shape index (κ3) is 2.76. The lowest BCUT2D eigenvalue weighted by molar-refractivity contribution is 0.143. The van der Waals surface area contributed by atoms with Gasteiger partial charge >= 0.3 is 0 Å². The molecule has 1 aromatic heterocycles. The second kappa shape index (κ2) is 5.90. The normalized spacial score (nSPS) is 9.94. The largest absolute Gasteiger partial charge is 0.474 e. The number of methoxy groups -OCH3 is 1. The molecule has 0 aliphatic heterocycles. The minimum atomic E-state index is 0.130. The minimum absolute atomic E-state index is 0.130. The van der Waals surface area contributed by atoms with Crippen molar-refractivity contribution in [2.45, 2.75) is 6.92 Å². The maximum atomic E-state index is 8.97. The van der Waals surface area contributed by atoms with Gasteiger partial charge in [0.2, 0.25) is 5.88 Å². The molecule has 0 unspecified atom stereocenters. The molecule has 0 atom stereocenters. The average Bonchev–Trinajstić information content (AvgIpc) is 2.27. The molecule has 0 N–H and O–H groups in total. The zero-order valence-corrected chi connectivity index (χ0v) is 10.4. The SMILES string of the molecule is COCCOc1nc(Cl)c(Cl)c(C)c1C#N. The van der Waals surface area contributed by atoms with Gasteiger partial charge in [0.05, 0.1) is 11.6 Å². The zero-order chi connectivity index (χ0) is 12.1. The van der Waals surface area contributed by atoms with E-state index in [0.717, 1.165) is 0 Å². The van der Waals surface area contributed by atoms with Crippen LogP contribution in [0.1, 0.15) is 11.1 Å². The Bertz CT molecular complexity index is 430. The first kappa shape index (κ1) is 13.0. The number of nitrogens with zero attached hydrogens (tertiary/aromatic N) is 2. The Morgan fingerprint density at radius 3 is 2.62 bits per heavy atom. The van der Waals surface area contributed by atoms with Gasteiger partial charge in [-0.15, -0.1) is 0 Å². The van der Waals surface area contributed by atoms with E-state index in [1.165, 1.54) is 0 Å². The summed E-state index contributed by atoms with van der Waals surface area (Å²) >= 11 is 11.7. The van der Waals surface area contributed by atoms with Gasteiger partial charge in [-0.2, -0.15) is 10.2 Å². The monoisotopic (exact) mass is 260 g/mol. The van der Waals surface area contributed by atoms with Crippen molar-refractivity contribution < 1.29 is 9.47 Å². The molecule has 86 valence electrons. The molecule has 0 saturated carbocycles. The quantitative estimate of drug-likeness (QED) is 0.617. The molecule has 1 heterocycles. The van der Waals surface area contributed by atoms with Crippen molar-refractivity contribution in [2.75, 3.05) is 20.3 Å². The first-order valence-electron chi connectivity index (χ1n) is 4.49. The van der Waals surface area contributed by atoms with Gasteiger partial charge in [-0.25, -0.2) is 0 Å². The first-order valence-corrected chi connectivity index (χ1v) is 5.24. The molecule has 0 amide bonds. The van der Waals surface area contributed by atoms with Crippen molar-refractivity contribution >= 4 is 23.2 Å². The Kier molecular flexibility index (Phi) is 4.81. The molecule has 6 heteroatoms. The highest BCUT2D eigenvalue weighted by Gasteiger charge is 2.15. The maximum absolute atomic E-state index is 8.97. The van der Waals surface area contributed by atoms with E-state index in [0.29, 0.717) is 24.3 Å². The molecule has 0 bridgehead atoms. The van der Waals surface area contributed by atoms with Crippen LogP contribution < -0.4 is 4.74 Å². The van der Waals surface area contributed by atoms with Crippen molar-refractivity contribution in [3.63, 3.8) is 0 Å². The molecule has 0 spiro atoms. The Balaban J connectivity index is 3.04. The average molecular weight is 261 g/mol. The summed E-state index contributed by atoms with van der Waals surface area (Å²) in [7, 11) is 1.56. The summed E-state index contributed by atoms with van der Waals surface area (Å²) in [5.74, 6) is 0.187. The van der Waals surface area contributed by atoms with E-state index in [2.05, 4.69) is 4.98 Å². The number of hydrogen-bond donors (Lipinski definition) is 0. The van der Waals surface area contributed by atoms with Gasteiger partial charge in [0.15, 0.2) is 5.15 Å².